The number of methoxy groups -OCH3 is 2. The van der Waals surface area contributed by atoms with E-state index in [9.17, 15) is 0 Å². The van der Waals surface area contributed by atoms with Crippen molar-refractivity contribution >= 4 is 11.6 Å². The molecule has 2 aromatic rings. The van der Waals surface area contributed by atoms with E-state index in [1.807, 2.05) is 30.5 Å². The van der Waals surface area contributed by atoms with Gasteiger partial charge in [0.15, 0.2) is 0 Å². The lowest BCUT2D eigenvalue weighted by Gasteiger charge is -2.21. The Hall–Kier alpha value is -1.78. The number of hydrogen-bond donors (Lipinski definition) is 1. The van der Waals surface area contributed by atoms with Crippen LogP contribution in [0.15, 0.2) is 36.7 Å². The standard InChI is InChI=1S/C16H19ClN2O2/c1-4-19-16(11-7-13(20-2)10-18-9-11)14-6-5-12(17)8-15(14)21-3/h5-10,16,19H,4H2,1-3H3. The van der Waals surface area contributed by atoms with Crippen LogP contribution in [0.2, 0.25) is 5.02 Å². The molecule has 21 heavy (non-hydrogen) atoms. The third-order valence-electron chi connectivity index (χ3n) is 3.22. The number of nitrogens with one attached hydrogen (secondary N) is 1. The van der Waals surface area contributed by atoms with E-state index in [1.165, 1.54) is 0 Å². The van der Waals surface area contributed by atoms with Gasteiger partial charge < -0.3 is 14.8 Å². The van der Waals surface area contributed by atoms with Crippen molar-refractivity contribution in [3.05, 3.63) is 52.8 Å². The van der Waals surface area contributed by atoms with E-state index < -0.39 is 0 Å². The number of aromatic nitrogens is 1. The van der Waals surface area contributed by atoms with Gasteiger partial charge in [0.2, 0.25) is 0 Å². The summed E-state index contributed by atoms with van der Waals surface area (Å²) in [5.74, 6) is 1.47. The van der Waals surface area contributed by atoms with Crippen LogP contribution < -0.4 is 14.8 Å². The van der Waals surface area contributed by atoms with E-state index in [4.69, 9.17) is 21.1 Å². The highest BCUT2D eigenvalue weighted by molar-refractivity contribution is 6.30. The summed E-state index contributed by atoms with van der Waals surface area (Å²) in [7, 11) is 3.27. The highest BCUT2D eigenvalue weighted by atomic mass is 35.5. The Kier molecular flexibility index (Phi) is 5.42. The lowest BCUT2D eigenvalue weighted by molar-refractivity contribution is 0.402. The molecule has 0 saturated carbocycles. The van der Waals surface area contributed by atoms with Gasteiger partial charge in [-0.1, -0.05) is 24.6 Å². The fourth-order valence-electron chi connectivity index (χ4n) is 2.24. The van der Waals surface area contributed by atoms with Crippen LogP contribution in [0.1, 0.15) is 24.1 Å². The lowest BCUT2D eigenvalue weighted by Crippen LogP contribution is -2.22. The molecule has 0 amide bonds. The zero-order valence-electron chi connectivity index (χ0n) is 12.4. The summed E-state index contributed by atoms with van der Waals surface area (Å²) in [6.07, 6.45) is 3.51. The smallest absolute Gasteiger partial charge is 0.137 e. The maximum absolute atomic E-state index is 6.04. The van der Waals surface area contributed by atoms with Crippen LogP contribution >= 0.6 is 11.6 Å². The molecule has 1 N–H and O–H groups in total. The average Bonchev–Trinajstić information content (AvgIpc) is 2.53. The van der Waals surface area contributed by atoms with Crippen LogP contribution in [0, 0.1) is 0 Å². The van der Waals surface area contributed by atoms with Gasteiger partial charge in [0.1, 0.15) is 11.5 Å². The third-order valence-corrected chi connectivity index (χ3v) is 3.45. The van der Waals surface area contributed by atoms with Crippen molar-refractivity contribution in [2.75, 3.05) is 20.8 Å². The fraction of sp³-hybridized carbons (Fsp3) is 0.312. The maximum atomic E-state index is 6.04. The molecule has 1 atom stereocenters. The van der Waals surface area contributed by atoms with Crippen molar-refractivity contribution in [3.63, 3.8) is 0 Å². The number of ether oxygens (including phenoxy) is 2. The van der Waals surface area contributed by atoms with E-state index in [1.54, 1.807) is 20.4 Å². The van der Waals surface area contributed by atoms with Gasteiger partial charge in [-0.15, -0.1) is 0 Å². The second-order valence-corrected chi connectivity index (χ2v) is 4.97. The second-order valence-electron chi connectivity index (χ2n) is 4.54. The summed E-state index contributed by atoms with van der Waals surface area (Å²) in [6.45, 7) is 2.87. The van der Waals surface area contributed by atoms with Crippen LogP contribution in [-0.4, -0.2) is 25.7 Å². The van der Waals surface area contributed by atoms with Gasteiger partial charge in [-0.2, -0.15) is 0 Å². The van der Waals surface area contributed by atoms with Crippen molar-refractivity contribution in [1.82, 2.24) is 10.3 Å². The summed E-state index contributed by atoms with van der Waals surface area (Å²) >= 11 is 6.04. The number of hydrogen-bond acceptors (Lipinski definition) is 4. The van der Waals surface area contributed by atoms with Crippen molar-refractivity contribution in [2.24, 2.45) is 0 Å². The van der Waals surface area contributed by atoms with Crippen molar-refractivity contribution < 1.29 is 9.47 Å². The summed E-state index contributed by atoms with van der Waals surface area (Å²) < 4.78 is 10.7. The Bertz CT molecular complexity index is 605. The molecule has 1 unspecified atom stereocenters. The number of nitrogens with zero attached hydrogens (tertiary/aromatic N) is 1. The fourth-order valence-corrected chi connectivity index (χ4v) is 2.40. The molecular weight excluding hydrogens is 288 g/mol. The van der Waals surface area contributed by atoms with Crippen LogP contribution in [-0.2, 0) is 0 Å². The van der Waals surface area contributed by atoms with E-state index in [2.05, 4.69) is 17.2 Å². The van der Waals surface area contributed by atoms with Gasteiger partial charge in [-0.05, 0) is 30.3 Å². The number of pyridine rings is 1. The Labute approximate surface area is 130 Å². The van der Waals surface area contributed by atoms with Crippen molar-refractivity contribution in [2.45, 2.75) is 13.0 Å². The van der Waals surface area contributed by atoms with E-state index >= 15 is 0 Å². The van der Waals surface area contributed by atoms with Crippen LogP contribution in [0.3, 0.4) is 0 Å². The number of halogens is 1. The molecule has 0 spiro atoms. The average molecular weight is 307 g/mol. The van der Waals surface area contributed by atoms with Gasteiger partial charge in [0.25, 0.3) is 0 Å². The molecule has 1 aromatic carbocycles. The minimum absolute atomic E-state index is 0.0372. The summed E-state index contributed by atoms with van der Waals surface area (Å²) in [6, 6.07) is 7.57. The Morgan fingerprint density at radius 3 is 2.67 bits per heavy atom. The molecule has 0 radical (unpaired) electrons. The molecule has 0 aliphatic carbocycles. The molecule has 0 saturated heterocycles. The molecular formula is C16H19ClN2O2. The van der Waals surface area contributed by atoms with Crippen LogP contribution in [0.5, 0.6) is 11.5 Å². The summed E-state index contributed by atoms with van der Waals surface area (Å²) in [5, 5.41) is 4.09. The highest BCUT2D eigenvalue weighted by Crippen LogP contribution is 2.32. The lowest BCUT2D eigenvalue weighted by atomic mass is 9.99. The van der Waals surface area contributed by atoms with Crippen molar-refractivity contribution in [1.29, 1.82) is 0 Å². The largest absolute Gasteiger partial charge is 0.496 e. The first-order valence-corrected chi connectivity index (χ1v) is 7.13. The van der Waals surface area contributed by atoms with Crippen LogP contribution in [0.25, 0.3) is 0 Å². The van der Waals surface area contributed by atoms with Gasteiger partial charge >= 0.3 is 0 Å². The first-order valence-electron chi connectivity index (χ1n) is 6.75. The molecule has 4 nitrogen and oxygen atoms in total. The molecule has 5 heteroatoms. The van der Waals surface area contributed by atoms with Gasteiger partial charge in [-0.3, -0.25) is 4.98 Å². The molecule has 2 rings (SSSR count). The molecule has 0 aliphatic rings. The quantitative estimate of drug-likeness (QED) is 0.887. The minimum atomic E-state index is -0.0372. The minimum Gasteiger partial charge on any atom is -0.496 e. The molecule has 0 aliphatic heterocycles. The molecule has 1 heterocycles. The van der Waals surface area contributed by atoms with E-state index in [0.717, 1.165) is 29.2 Å². The topological polar surface area (TPSA) is 43.4 Å². The SMILES string of the molecule is CCNC(c1cncc(OC)c1)c1ccc(Cl)cc1OC. The van der Waals surface area contributed by atoms with Crippen LogP contribution in [0.4, 0.5) is 0 Å². The molecule has 0 fully saturated rings. The predicted molar refractivity (Wildman–Crippen MR) is 84.3 cm³/mol. The Morgan fingerprint density at radius 1 is 1.19 bits per heavy atom. The van der Waals surface area contributed by atoms with Gasteiger partial charge in [0.05, 0.1) is 26.5 Å². The Morgan fingerprint density at radius 2 is 2.00 bits per heavy atom. The predicted octanol–water partition coefficient (Wildman–Crippen LogP) is 3.45. The third kappa shape index (κ3) is 3.65. The van der Waals surface area contributed by atoms with Gasteiger partial charge in [-0.25, -0.2) is 0 Å². The molecule has 112 valence electrons. The summed E-state index contributed by atoms with van der Waals surface area (Å²) in [4.78, 5) is 4.23. The first-order chi connectivity index (χ1) is 10.2. The molecule has 0 bridgehead atoms. The molecule has 1 aromatic heterocycles. The van der Waals surface area contributed by atoms with Gasteiger partial charge in [0, 0.05) is 16.8 Å². The second kappa shape index (κ2) is 7.29. The number of rotatable bonds is 6. The van der Waals surface area contributed by atoms with E-state index in [-0.39, 0.29) is 6.04 Å². The Balaban J connectivity index is 2.47. The number of benzene rings is 1. The zero-order valence-corrected chi connectivity index (χ0v) is 13.1. The maximum Gasteiger partial charge on any atom is 0.137 e. The van der Waals surface area contributed by atoms with Crippen molar-refractivity contribution in [3.8, 4) is 11.5 Å². The van der Waals surface area contributed by atoms with E-state index in [0.29, 0.717) is 5.02 Å². The normalized spacial score (nSPS) is 12.0. The highest BCUT2D eigenvalue weighted by Gasteiger charge is 2.18. The monoisotopic (exact) mass is 306 g/mol. The first kappa shape index (κ1) is 15.6. The summed E-state index contributed by atoms with van der Waals surface area (Å²) in [5.41, 5.74) is 2.02. The zero-order chi connectivity index (χ0) is 15.2.